The summed E-state index contributed by atoms with van der Waals surface area (Å²) in [5.41, 5.74) is -0.332. The van der Waals surface area contributed by atoms with Gasteiger partial charge in [-0.3, -0.25) is 9.59 Å². The van der Waals surface area contributed by atoms with Crippen molar-refractivity contribution in [3.63, 3.8) is 0 Å². The van der Waals surface area contributed by atoms with Crippen molar-refractivity contribution in [2.75, 3.05) is 0 Å². The standard InChI is InChI=1S/C11H8O6/c1-5-6(8(12)10(14)15)3-2-4-7(5)9(13)11(16)17/h2-4H,1H3,(H,14,15)(H,16,17). The molecule has 0 unspecified atom stereocenters. The minimum Gasteiger partial charge on any atom is -0.475 e. The van der Waals surface area contributed by atoms with Crippen LogP contribution in [0.4, 0.5) is 0 Å². The number of carbonyl (C=O) groups is 4. The maximum absolute atomic E-state index is 11.3. The Bertz CT molecular complexity index is 485. The van der Waals surface area contributed by atoms with Crippen molar-refractivity contribution < 1.29 is 29.4 Å². The van der Waals surface area contributed by atoms with E-state index in [0.29, 0.717) is 0 Å². The van der Waals surface area contributed by atoms with Crippen molar-refractivity contribution in [3.05, 3.63) is 34.9 Å². The molecule has 0 saturated heterocycles. The zero-order chi connectivity index (χ0) is 13.2. The van der Waals surface area contributed by atoms with E-state index in [9.17, 15) is 19.2 Å². The molecule has 0 spiro atoms. The fraction of sp³-hybridized carbons (Fsp3) is 0.0909. The van der Waals surface area contributed by atoms with E-state index in [-0.39, 0.29) is 16.7 Å². The number of carboxylic acids is 2. The molecule has 2 N–H and O–H groups in total. The Balaban J connectivity index is 3.35. The first-order valence-corrected chi connectivity index (χ1v) is 4.51. The van der Waals surface area contributed by atoms with E-state index in [0.717, 1.165) is 0 Å². The molecule has 0 aromatic heterocycles. The second-order valence-corrected chi connectivity index (χ2v) is 3.25. The van der Waals surface area contributed by atoms with Gasteiger partial charge in [0.05, 0.1) is 0 Å². The lowest BCUT2D eigenvalue weighted by Gasteiger charge is -2.05. The minimum absolute atomic E-state index is 0.0484. The highest BCUT2D eigenvalue weighted by Gasteiger charge is 2.23. The number of benzene rings is 1. The van der Waals surface area contributed by atoms with Gasteiger partial charge in [0, 0.05) is 11.1 Å². The molecule has 0 amide bonds. The molecule has 0 radical (unpaired) electrons. The van der Waals surface area contributed by atoms with Gasteiger partial charge < -0.3 is 10.2 Å². The Labute approximate surface area is 95.5 Å². The Morgan fingerprint density at radius 3 is 1.53 bits per heavy atom. The van der Waals surface area contributed by atoms with Gasteiger partial charge in [-0.05, 0) is 12.5 Å². The smallest absolute Gasteiger partial charge is 0.377 e. The first kappa shape index (κ1) is 12.6. The second kappa shape index (κ2) is 4.56. The van der Waals surface area contributed by atoms with Gasteiger partial charge in [0.15, 0.2) is 0 Å². The van der Waals surface area contributed by atoms with Crippen molar-refractivity contribution in [2.45, 2.75) is 6.92 Å². The van der Waals surface area contributed by atoms with Gasteiger partial charge in [0.1, 0.15) is 0 Å². The highest BCUT2D eigenvalue weighted by molar-refractivity contribution is 6.42. The van der Waals surface area contributed by atoms with Crippen LogP contribution in [0.25, 0.3) is 0 Å². The molecule has 1 rings (SSSR count). The summed E-state index contributed by atoms with van der Waals surface area (Å²) in [7, 11) is 0. The van der Waals surface area contributed by atoms with E-state index in [1.165, 1.54) is 25.1 Å². The topological polar surface area (TPSA) is 109 Å². The monoisotopic (exact) mass is 236 g/mol. The summed E-state index contributed by atoms with van der Waals surface area (Å²) in [6, 6.07) is 3.72. The lowest BCUT2D eigenvalue weighted by Crippen LogP contribution is -2.18. The van der Waals surface area contributed by atoms with Gasteiger partial charge in [-0.1, -0.05) is 18.2 Å². The Morgan fingerprint density at radius 2 is 1.24 bits per heavy atom. The van der Waals surface area contributed by atoms with Crippen LogP contribution in [0.5, 0.6) is 0 Å². The van der Waals surface area contributed by atoms with Crippen molar-refractivity contribution in [2.24, 2.45) is 0 Å². The van der Waals surface area contributed by atoms with Gasteiger partial charge in [0.25, 0.3) is 11.6 Å². The van der Waals surface area contributed by atoms with E-state index in [1.807, 2.05) is 0 Å². The van der Waals surface area contributed by atoms with Gasteiger partial charge in [-0.15, -0.1) is 0 Å². The number of rotatable bonds is 4. The van der Waals surface area contributed by atoms with Crippen LogP contribution in [-0.4, -0.2) is 33.7 Å². The van der Waals surface area contributed by atoms with Crippen LogP contribution >= 0.6 is 0 Å². The average Bonchev–Trinajstić information content (AvgIpc) is 2.27. The predicted octanol–water partition coefficient (Wildman–Crippen LogP) is 0.530. The number of Topliss-reactive ketones (excluding diaryl/α,β-unsaturated/α-hetero) is 2. The first-order valence-electron chi connectivity index (χ1n) is 4.51. The molecule has 0 aliphatic carbocycles. The van der Waals surface area contributed by atoms with Gasteiger partial charge in [0.2, 0.25) is 0 Å². The molecule has 6 heteroatoms. The maximum Gasteiger partial charge on any atom is 0.377 e. The highest BCUT2D eigenvalue weighted by Crippen LogP contribution is 2.15. The fourth-order valence-electron chi connectivity index (χ4n) is 1.36. The van der Waals surface area contributed by atoms with E-state index in [2.05, 4.69) is 0 Å². The summed E-state index contributed by atoms with van der Waals surface area (Å²) < 4.78 is 0. The summed E-state index contributed by atoms with van der Waals surface area (Å²) in [5.74, 6) is -5.67. The number of aliphatic carboxylic acids is 2. The van der Waals surface area contributed by atoms with Crippen molar-refractivity contribution in [3.8, 4) is 0 Å². The van der Waals surface area contributed by atoms with E-state index < -0.39 is 23.5 Å². The minimum atomic E-state index is -1.66. The van der Waals surface area contributed by atoms with Crippen LogP contribution in [0.2, 0.25) is 0 Å². The number of carbonyl (C=O) groups excluding carboxylic acids is 2. The number of hydrogen-bond acceptors (Lipinski definition) is 4. The number of ketones is 2. The molecule has 17 heavy (non-hydrogen) atoms. The van der Waals surface area contributed by atoms with E-state index >= 15 is 0 Å². The largest absolute Gasteiger partial charge is 0.475 e. The van der Waals surface area contributed by atoms with Crippen LogP contribution in [0.1, 0.15) is 26.3 Å². The summed E-state index contributed by atoms with van der Waals surface area (Å²) in [6.45, 7) is 1.33. The SMILES string of the molecule is Cc1c(C(=O)C(=O)O)cccc1C(=O)C(=O)O. The van der Waals surface area contributed by atoms with Crippen LogP contribution < -0.4 is 0 Å². The molecule has 6 nitrogen and oxygen atoms in total. The molecule has 1 aromatic carbocycles. The highest BCUT2D eigenvalue weighted by atomic mass is 16.4. The zero-order valence-corrected chi connectivity index (χ0v) is 8.76. The zero-order valence-electron chi connectivity index (χ0n) is 8.76. The van der Waals surface area contributed by atoms with Gasteiger partial charge in [-0.25, -0.2) is 9.59 Å². The molecule has 0 saturated carbocycles. The Morgan fingerprint density at radius 1 is 0.882 bits per heavy atom. The summed E-state index contributed by atoms with van der Waals surface area (Å²) in [6.07, 6.45) is 0. The third-order valence-electron chi connectivity index (χ3n) is 2.21. The summed E-state index contributed by atoms with van der Waals surface area (Å²) >= 11 is 0. The molecule has 0 aliphatic heterocycles. The van der Waals surface area contributed by atoms with Crippen molar-refractivity contribution in [1.29, 1.82) is 0 Å². The molecule has 0 fully saturated rings. The molecule has 88 valence electrons. The molecular weight excluding hydrogens is 228 g/mol. The third-order valence-corrected chi connectivity index (χ3v) is 2.21. The lowest BCUT2D eigenvalue weighted by molar-refractivity contribution is -0.132. The van der Waals surface area contributed by atoms with E-state index in [1.54, 1.807) is 0 Å². The first-order chi connectivity index (χ1) is 7.86. The van der Waals surface area contributed by atoms with Gasteiger partial charge in [-0.2, -0.15) is 0 Å². The molecular formula is C11H8O6. The normalized spacial score (nSPS) is 9.71. The Hall–Kier alpha value is -2.50. The maximum atomic E-state index is 11.3. The molecule has 0 heterocycles. The summed E-state index contributed by atoms with van der Waals surface area (Å²) in [5, 5.41) is 17.1. The quantitative estimate of drug-likeness (QED) is 0.583. The Kier molecular flexibility index (Phi) is 3.37. The van der Waals surface area contributed by atoms with Crippen molar-refractivity contribution >= 4 is 23.5 Å². The fourth-order valence-corrected chi connectivity index (χ4v) is 1.36. The number of hydrogen-bond donors (Lipinski definition) is 2. The van der Waals surface area contributed by atoms with Crippen LogP contribution in [0.15, 0.2) is 18.2 Å². The third kappa shape index (κ3) is 2.36. The summed E-state index contributed by atoms with van der Waals surface area (Å²) in [4.78, 5) is 43.5. The van der Waals surface area contributed by atoms with Crippen LogP contribution in [0, 0.1) is 6.92 Å². The predicted molar refractivity (Wildman–Crippen MR) is 55.1 cm³/mol. The molecule has 1 aromatic rings. The molecule has 0 aliphatic rings. The van der Waals surface area contributed by atoms with Gasteiger partial charge >= 0.3 is 11.9 Å². The lowest BCUT2D eigenvalue weighted by atomic mass is 9.97. The molecule has 0 bridgehead atoms. The van der Waals surface area contributed by atoms with Crippen LogP contribution in [-0.2, 0) is 9.59 Å². The van der Waals surface area contributed by atoms with Crippen molar-refractivity contribution in [1.82, 2.24) is 0 Å². The second-order valence-electron chi connectivity index (χ2n) is 3.25. The average molecular weight is 236 g/mol. The van der Waals surface area contributed by atoms with Crippen LogP contribution in [0.3, 0.4) is 0 Å². The van der Waals surface area contributed by atoms with E-state index in [4.69, 9.17) is 10.2 Å². The number of carboxylic acid groups (broad SMARTS) is 2. The molecule has 0 atom stereocenters.